The number of hydrogen-bond acceptors (Lipinski definition) is 2. The van der Waals surface area contributed by atoms with Gasteiger partial charge in [0.05, 0.1) is 0 Å². The lowest BCUT2D eigenvalue weighted by Crippen LogP contribution is -2.47. The summed E-state index contributed by atoms with van der Waals surface area (Å²) < 4.78 is 0. The zero-order chi connectivity index (χ0) is 8.01. The van der Waals surface area contributed by atoms with Crippen LogP contribution in [-0.2, 0) is 4.79 Å². The molecule has 0 aromatic heterocycles. The summed E-state index contributed by atoms with van der Waals surface area (Å²) in [5.74, 6) is 0.247. The van der Waals surface area contributed by atoms with Crippen molar-refractivity contribution in [3.63, 3.8) is 0 Å². The number of piperidine rings is 1. The highest BCUT2D eigenvalue weighted by Gasteiger charge is 2.43. The van der Waals surface area contributed by atoms with Gasteiger partial charge in [0, 0.05) is 18.5 Å². The Bertz CT molecular complexity index is 195. The number of carbonyl (C=O) groups is 1. The normalized spacial score (nSPS) is 44.9. The van der Waals surface area contributed by atoms with E-state index in [0.717, 1.165) is 12.8 Å². The van der Waals surface area contributed by atoms with Gasteiger partial charge in [-0.25, -0.2) is 0 Å². The first-order valence-electron chi connectivity index (χ1n) is 4.09. The van der Waals surface area contributed by atoms with Gasteiger partial charge in [0.25, 0.3) is 0 Å². The van der Waals surface area contributed by atoms with E-state index in [1.165, 1.54) is 0 Å². The average Bonchev–Trinajstić information content (AvgIpc) is 2.23. The molecule has 2 nitrogen and oxygen atoms in total. The Morgan fingerprint density at radius 3 is 3.00 bits per heavy atom. The van der Waals surface area contributed by atoms with Crippen LogP contribution in [0, 0.1) is 0 Å². The van der Waals surface area contributed by atoms with Crippen LogP contribution < -0.4 is 0 Å². The number of halogens is 1. The van der Waals surface area contributed by atoms with Crippen LogP contribution in [0.4, 0.5) is 0 Å². The van der Waals surface area contributed by atoms with Crippen LogP contribution in [0.25, 0.3) is 0 Å². The third-order valence-corrected chi connectivity index (χ3v) is 3.51. The third-order valence-electron chi connectivity index (χ3n) is 2.98. The molecule has 0 aliphatic carbocycles. The molecule has 0 N–H and O–H groups in total. The number of carbonyl (C=O) groups excluding carboxylic acids is 1. The van der Waals surface area contributed by atoms with Gasteiger partial charge in [0.1, 0.15) is 5.38 Å². The van der Waals surface area contributed by atoms with Crippen molar-refractivity contribution in [2.75, 3.05) is 7.05 Å². The van der Waals surface area contributed by atoms with Gasteiger partial charge in [-0.05, 0) is 19.9 Å². The number of hydrogen-bond donors (Lipinski definition) is 0. The molecule has 0 amide bonds. The predicted molar refractivity (Wildman–Crippen MR) is 43.8 cm³/mol. The van der Waals surface area contributed by atoms with E-state index in [1.807, 2.05) is 0 Å². The van der Waals surface area contributed by atoms with Crippen LogP contribution in [-0.4, -0.2) is 35.2 Å². The molecular formula is C8H12ClNO. The molecule has 2 rings (SSSR count). The van der Waals surface area contributed by atoms with E-state index in [4.69, 9.17) is 11.6 Å². The van der Waals surface area contributed by atoms with E-state index in [2.05, 4.69) is 11.9 Å². The molecule has 3 unspecified atom stereocenters. The molecule has 0 spiro atoms. The quantitative estimate of drug-likeness (QED) is 0.510. The lowest BCUT2D eigenvalue weighted by atomic mass is 10.0. The smallest absolute Gasteiger partial charge is 0.153 e. The Morgan fingerprint density at radius 1 is 1.55 bits per heavy atom. The summed E-state index contributed by atoms with van der Waals surface area (Å²) in [7, 11) is 2.07. The fourth-order valence-corrected chi connectivity index (χ4v) is 2.59. The molecule has 0 saturated carbocycles. The van der Waals surface area contributed by atoms with Crippen LogP contribution in [0.15, 0.2) is 0 Å². The van der Waals surface area contributed by atoms with Gasteiger partial charge < -0.3 is 0 Å². The van der Waals surface area contributed by atoms with Crippen molar-refractivity contribution in [1.29, 1.82) is 0 Å². The van der Waals surface area contributed by atoms with Crippen molar-refractivity contribution in [3.8, 4) is 0 Å². The van der Waals surface area contributed by atoms with E-state index in [-0.39, 0.29) is 11.2 Å². The van der Waals surface area contributed by atoms with Crippen LogP contribution in [0.3, 0.4) is 0 Å². The first-order valence-corrected chi connectivity index (χ1v) is 4.52. The van der Waals surface area contributed by atoms with Gasteiger partial charge in [-0.3, -0.25) is 9.69 Å². The minimum absolute atomic E-state index is 0.237. The lowest BCUT2D eigenvalue weighted by molar-refractivity contribution is -0.122. The van der Waals surface area contributed by atoms with Crippen LogP contribution in [0.1, 0.15) is 19.3 Å². The van der Waals surface area contributed by atoms with E-state index in [9.17, 15) is 4.79 Å². The Labute approximate surface area is 71.5 Å². The van der Waals surface area contributed by atoms with Gasteiger partial charge in [0.2, 0.25) is 0 Å². The molecule has 2 bridgehead atoms. The molecule has 0 radical (unpaired) electrons. The number of rotatable bonds is 0. The maximum Gasteiger partial charge on any atom is 0.153 e. The second-order valence-corrected chi connectivity index (χ2v) is 4.01. The molecule has 62 valence electrons. The van der Waals surface area contributed by atoms with Crippen LogP contribution in [0.5, 0.6) is 0 Å². The molecule has 0 aromatic carbocycles. The summed E-state index contributed by atoms with van der Waals surface area (Å²) in [5.41, 5.74) is 0. The van der Waals surface area contributed by atoms with E-state index in [1.54, 1.807) is 0 Å². The largest absolute Gasteiger partial charge is 0.298 e. The SMILES string of the molecule is CN1C2CCC1C(Cl)C(=O)C2. The molecule has 2 aliphatic heterocycles. The number of ketones is 1. The maximum absolute atomic E-state index is 11.2. The Hall–Kier alpha value is -0.0800. The summed E-state index contributed by atoms with van der Waals surface area (Å²) in [6.07, 6.45) is 2.92. The predicted octanol–water partition coefficient (Wildman–Crippen LogP) is 1.03. The second-order valence-electron chi connectivity index (χ2n) is 3.54. The fourth-order valence-electron chi connectivity index (χ4n) is 2.20. The van der Waals surface area contributed by atoms with E-state index in [0.29, 0.717) is 18.5 Å². The van der Waals surface area contributed by atoms with Gasteiger partial charge in [0.15, 0.2) is 5.78 Å². The lowest BCUT2D eigenvalue weighted by Gasteiger charge is -2.33. The van der Waals surface area contributed by atoms with Crippen molar-refractivity contribution in [2.45, 2.75) is 36.7 Å². The van der Waals surface area contributed by atoms with Crippen molar-refractivity contribution in [1.82, 2.24) is 4.90 Å². The number of alkyl halides is 1. The molecule has 2 saturated heterocycles. The average molecular weight is 174 g/mol. The third kappa shape index (κ3) is 1.00. The zero-order valence-electron chi connectivity index (χ0n) is 6.59. The molecule has 2 heterocycles. The van der Waals surface area contributed by atoms with Gasteiger partial charge >= 0.3 is 0 Å². The topological polar surface area (TPSA) is 20.3 Å². The van der Waals surface area contributed by atoms with Crippen molar-refractivity contribution in [3.05, 3.63) is 0 Å². The van der Waals surface area contributed by atoms with Crippen molar-refractivity contribution in [2.24, 2.45) is 0 Å². The zero-order valence-corrected chi connectivity index (χ0v) is 7.34. The molecule has 3 atom stereocenters. The highest BCUT2D eigenvalue weighted by atomic mass is 35.5. The molecule has 11 heavy (non-hydrogen) atoms. The van der Waals surface area contributed by atoms with Crippen molar-refractivity contribution >= 4 is 17.4 Å². The van der Waals surface area contributed by atoms with Crippen LogP contribution >= 0.6 is 11.6 Å². The molecule has 2 aliphatic rings. The number of Topliss-reactive ketones (excluding diaryl/α,β-unsaturated/α-hetero) is 1. The number of fused-ring (bicyclic) bond motifs is 2. The monoisotopic (exact) mass is 173 g/mol. The van der Waals surface area contributed by atoms with E-state index >= 15 is 0 Å². The van der Waals surface area contributed by atoms with Crippen LogP contribution in [0.2, 0.25) is 0 Å². The first kappa shape index (κ1) is 7.56. The van der Waals surface area contributed by atoms with E-state index < -0.39 is 0 Å². The molecule has 3 heteroatoms. The van der Waals surface area contributed by atoms with Gasteiger partial charge in [-0.1, -0.05) is 0 Å². The standard InChI is InChI=1S/C8H12ClNO/c1-10-5-2-3-6(10)8(9)7(11)4-5/h5-6,8H,2-4H2,1H3. The molecular weight excluding hydrogens is 162 g/mol. The van der Waals surface area contributed by atoms with Gasteiger partial charge in [-0.2, -0.15) is 0 Å². The fraction of sp³-hybridized carbons (Fsp3) is 0.875. The minimum Gasteiger partial charge on any atom is -0.298 e. The Morgan fingerprint density at radius 2 is 2.27 bits per heavy atom. The molecule has 2 fully saturated rings. The minimum atomic E-state index is -0.237. The summed E-state index contributed by atoms with van der Waals surface area (Å²) >= 11 is 5.96. The first-order chi connectivity index (χ1) is 5.20. The Kier molecular flexibility index (Phi) is 1.69. The summed E-state index contributed by atoms with van der Waals surface area (Å²) in [5, 5.41) is -0.237. The number of nitrogens with zero attached hydrogens (tertiary/aromatic N) is 1. The summed E-state index contributed by atoms with van der Waals surface area (Å²) in [4.78, 5) is 13.5. The maximum atomic E-state index is 11.2. The summed E-state index contributed by atoms with van der Waals surface area (Å²) in [6.45, 7) is 0. The molecule has 0 aromatic rings. The van der Waals surface area contributed by atoms with Gasteiger partial charge in [-0.15, -0.1) is 11.6 Å². The summed E-state index contributed by atoms with van der Waals surface area (Å²) in [6, 6.07) is 0.811. The van der Waals surface area contributed by atoms with Crippen molar-refractivity contribution < 1.29 is 4.79 Å². The Balaban J connectivity index is 2.22. The second kappa shape index (κ2) is 2.46. The highest BCUT2D eigenvalue weighted by Crippen LogP contribution is 2.34. The highest BCUT2D eigenvalue weighted by molar-refractivity contribution is 6.32.